The second kappa shape index (κ2) is 5.98. The number of carbonyl (C=O) groups excluding carboxylic acids is 1. The van der Waals surface area contributed by atoms with Crippen molar-refractivity contribution < 1.29 is 9.53 Å². The Morgan fingerprint density at radius 2 is 2.40 bits per heavy atom. The maximum atomic E-state index is 12.0. The number of ether oxygens (including phenoxy) is 1. The summed E-state index contributed by atoms with van der Waals surface area (Å²) in [5.41, 5.74) is 0. The number of methoxy groups -OCH3 is 1. The van der Waals surface area contributed by atoms with Crippen molar-refractivity contribution in [3.8, 4) is 5.75 Å². The lowest BCUT2D eigenvalue weighted by molar-refractivity contribution is 0.0776. The monoisotopic (exact) mass is 247 g/mol. The minimum atomic E-state index is -0.00926. The lowest BCUT2D eigenvalue weighted by atomic mass is 10.3. The van der Waals surface area contributed by atoms with Gasteiger partial charge in [-0.3, -0.25) is 4.79 Å². The van der Waals surface area contributed by atoms with Crippen LogP contribution in [0, 0.1) is 0 Å². The Kier molecular flexibility index (Phi) is 4.91. The molecule has 15 heavy (non-hydrogen) atoms. The highest BCUT2D eigenvalue weighted by Gasteiger charge is 2.19. The molecule has 0 aliphatic carbocycles. The van der Waals surface area contributed by atoms with Crippen molar-refractivity contribution in [3.63, 3.8) is 0 Å². The maximum absolute atomic E-state index is 12.0. The second-order valence-electron chi connectivity index (χ2n) is 2.89. The lowest BCUT2D eigenvalue weighted by Crippen LogP contribution is -2.32. The Morgan fingerprint density at radius 3 is 2.93 bits per heavy atom. The third-order valence-electron chi connectivity index (χ3n) is 2.07. The minimum absolute atomic E-state index is 0.00926. The zero-order chi connectivity index (χ0) is 11.3. The summed E-state index contributed by atoms with van der Waals surface area (Å²) in [5.74, 6) is 1.08. The number of hydrogen-bond acceptors (Lipinski definition) is 3. The summed E-state index contributed by atoms with van der Waals surface area (Å²) in [4.78, 5) is 14.4. The van der Waals surface area contributed by atoms with Crippen LogP contribution < -0.4 is 4.74 Å². The zero-order valence-corrected chi connectivity index (χ0v) is 10.4. The molecule has 0 aromatic carbocycles. The Bertz CT molecular complexity index is 327. The molecule has 0 N–H and O–H groups in total. The van der Waals surface area contributed by atoms with Gasteiger partial charge < -0.3 is 9.64 Å². The largest absolute Gasteiger partial charge is 0.495 e. The Hall–Kier alpha value is -0.740. The van der Waals surface area contributed by atoms with Crippen LogP contribution in [0.15, 0.2) is 11.4 Å². The molecule has 0 atom stereocenters. The second-order valence-corrected chi connectivity index (χ2v) is 4.19. The van der Waals surface area contributed by atoms with Crippen LogP contribution >= 0.6 is 22.9 Å². The SMILES string of the molecule is CCN(CCCl)C(=O)c1sccc1OC. The van der Waals surface area contributed by atoms with E-state index in [1.165, 1.54) is 11.3 Å². The predicted molar refractivity (Wildman–Crippen MR) is 63.2 cm³/mol. The third-order valence-corrected chi connectivity index (χ3v) is 3.12. The van der Waals surface area contributed by atoms with Crippen molar-refractivity contribution in [1.29, 1.82) is 0 Å². The van der Waals surface area contributed by atoms with Gasteiger partial charge in [0.2, 0.25) is 0 Å². The van der Waals surface area contributed by atoms with E-state index in [2.05, 4.69) is 0 Å². The molecule has 84 valence electrons. The number of amides is 1. The third kappa shape index (κ3) is 2.86. The molecule has 0 aliphatic heterocycles. The molecule has 0 spiro atoms. The van der Waals surface area contributed by atoms with Gasteiger partial charge in [-0.05, 0) is 18.4 Å². The van der Waals surface area contributed by atoms with Gasteiger partial charge in [-0.15, -0.1) is 22.9 Å². The quantitative estimate of drug-likeness (QED) is 0.748. The summed E-state index contributed by atoms with van der Waals surface area (Å²) >= 11 is 7.02. The van der Waals surface area contributed by atoms with Crippen LogP contribution in [0.5, 0.6) is 5.75 Å². The first-order chi connectivity index (χ1) is 7.24. The van der Waals surface area contributed by atoms with Crippen molar-refractivity contribution in [2.45, 2.75) is 6.92 Å². The molecular formula is C10H14ClNO2S. The standard InChI is InChI=1S/C10H14ClNO2S/c1-3-12(6-5-11)10(13)9-8(14-2)4-7-15-9/h4,7H,3,5-6H2,1-2H3. The summed E-state index contributed by atoms with van der Waals surface area (Å²) in [6.45, 7) is 3.16. The van der Waals surface area contributed by atoms with E-state index in [-0.39, 0.29) is 5.91 Å². The molecule has 5 heteroatoms. The fraction of sp³-hybridized carbons (Fsp3) is 0.500. The van der Waals surface area contributed by atoms with Gasteiger partial charge in [-0.2, -0.15) is 0 Å². The van der Waals surface area contributed by atoms with Crippen LogP contribution in [0.4, 0.5) is 0 Å². The Balaban J connectivity index is 2.82. The molecule has 1 rings (SSSR count). The summed E-state index contributed by atoms with van der Waals surface area (Å²) in [7, 11) is 1.57. The van der Waals surface area contributed by atoms with E-state index >= 15 is 0 Å². The summed E-state index contributed by atoms with van der Waals surface area (Å²) in [5, 5.41) is 1.85. The van der Waals surface area contributed by atoms with Crippen LogP contribution in [0.25, 0.3) is 0 Å². The summed E-state index contributed by atoms with van der Waals surface area (Å²) in [6.07, 6.45) is 0. The molecular weight excluding hydrogens is 234 g/mol. The summed E-state index contributed by atoms with van der Waals surface area (Å²) in [6, 6.07) is 1.80. The van der Waals surface area contributed by atoms with Gasteiger partial charge in [-0.1, -0.05) is 0 Å². The highest BCUT2D eigenvalue weighted by molar-refractivity contribution is 7.12. The Morgan fingerprint density at radius 1 is 1.67 bits per heavy atom. The fourth-order valence-electron chi connectivity index (χ4n) is 1.26. The normalized spacial score (nSPS) is 10.1. The van der Waals surface area contributed by atoms with Crippen LogP contribution in [-0.2, 0) is 0 Å². The van der Waals surface area contributed by atoms with E-state index in [4.69, 9.17) is 16.3 Å². The smallest absolute Gasteiger partial charge is 0.267 e. The number of hydrogen-bond donors (Lipinski definition) is 0. The van der Waals surface area contributed by atoms with E-state index in [1.54, 1.807) is 18.1 Å². The molecule has 1 amide bonds. The molecule has 0 unspecified atom stereocenters. The van der Waals surface area contributed by atoms with Gasteiger partial charge in [0, 0.05) is 19.0 Å². The molecule has 1 aromatic rings. The van der Waals surface area contributed by atoms with Gasteiger partial charge in [0.1, 0.15) is 10.6 Å². The first kappa shape index (κ1) is 12.3. The lowest BCUT2D eigenvalue weighted by Gasteiger charge is -2.19. The van der Waals surface area contributed by atoms with E-state index in [1.807, 2.05) is 12.3 Å². The zero-order valence-electron chi connectivity index (χ0n) is 8.83. The highest BCUT2D eigenvalue weighted by Crippen LogP contribution is 2.25. The number of halogens is 1. The van der Waals surface area contributed by atoms with Gasteiger partial charge in [0.25, 0.3) is 5.91 Å². The maximum Gasteiger partial charge on any atom is 0.267 e. The average molecular weight is 248 g/mol. The van der Waals surface area contributed by atoms with Crippen molar-refractivity contribution in [1.82, 2.24) is 4.90 Å². The van der Waals surface area contributed by atoms with Crippen molar-refractivity contribution in [3.05, 3.63) is 16.3 Å². The first-order valence-electron chi connectivity index (χ1n) is 4.71. The molecule has 0 radical (unpaired) electrons. The van der Waals surface area contributed by atoms with E-state index in [0.717, 1.165) is 0 Å². The fourth-order valence-corrected chi connectivity index (χ4v) is 2.29. The van der Waals surface area contributed by atoms with Crippen molar-refractivity contribution in [2.24, 2.45) is 0 Å². The Labute approximate surface area is 98.6 Å². The van der Waals surface area contributed by atoms with Gasteiger partial charge in [0.05, 0.1) is 7.11 Å². The van der Waals surface area contributed by atoms with Crippen molar-refractivity contribution in [2.75, 3.05) is 26.1 Å². The van der Waals surface area contributed by atoms with Crippen LogP contribution in [0.2, 0.25) is 0 Å². The first-order valence-corrected chi connectivity index (χ1v) is 6.12. The molecule has 0 bridgehead atoms. The molecule has 3 nitrogen and oxygen atoms in total. The minimum Gasteiger partial charge on any atom is -0.495 e. The number of rotatable bonds is 5. The van der Waals surface area contributed by atoms with Gasteiger partial charge >= 0.3 is 0 Å². The molecule has 0 saturated carbocycles. The molecule has 0 fully saturated rings. The molecule has 1 heterocycles. The number of nitrogens with zero attached hydrogens (tertiary/aromatic N) is 1. The topological polar surface area (TPSA) is 29.5 Å². The summed E-state index contributed by atoms with van der Waals surface area (Å²) < 4.78 is 5.11. The molecule has 0 saturated heterocycles. The van der Waals surface area contributed by atoms with Gasteiger partial charge in [0.15, 0.2) is 0 Å². The van der Waals surface area contributed by atoms with Crippen LogP contribution in [0.3, 0.4) is 0 Å². The highest BCUT2D eigenvalue weighted by atomic mass is 35.5. The average Bonchev–Trinajstić information content (AvgIpc) is 2.72. The molecule has 1 aromatic heterocycles. The van der Waals surface area contributed by atoms with Crippen LogP contribution in [0.1, 0.15) is 16.6 Å². The number of carbonyl (C=O) groups is 1. The van der Waals surface area contributed by atoms with E-state index < -0.39 is 0 Å². The van der Waals surface area contributed by atoms with E-state index in [9.17, 15) is 4.79 Å². The van der Waals surface area contributed by atoms with Crippen LogP contribution in [-0.4, -0.2) is 36.9 Å². The molecule has 0 aliphatic rings. The van der Waals surface area contributed by atoms with Gasteiger partial charge in [-0.25, -0.2) is 0 Å². The van der Waals surface area contributed by atoms with E-state index in [0.29, 0.717) is 29.6 Å². The number of alkyl halides is 1. The van der Waals surface area contributed by atoms with Crippen molar-refractivity contribution >= 4 is 28.8 Å². The number of thiophene rings is 1. The predicted octanol–water partition coefficient (Wildman–Crippen LogP) is 2.46.